The van der Waals surface area contributed by atoms with E-state index in [1.54, 1.807) is 6.07 Å². The third-order valence-corrected chi connectivity index (χ3v) is 3.27. The summed E-state index contributed by atoms with van der Waals surface area (Å²) in [5.74, 6) is 0.650. The van der Waals surface area contributed by atoms with Gasteiger partial charge in [-0.3, -0.25) is 0 Å². The number of halogens is 1. The molecular weight excluding hydrogens is 265 g/mol. The zero-order valence-electron chi connectivity index (χ0n) is 12.8. The van der Waals surface area contributed by atoms with Crippen molar-refractivity contribution < 1.29 is 9.13 Å². The minimum absolute atomic E-state index is 0.234. The van der Waals surface area contributed by atoms with E-state index in [9.17, 15) is 4.39 Å². The molecule has 3 heteroatoms. The third-order valence-electron chi connectivity index (χ3n) is 3.27. The largest absolute Gasteiger partial charge is 0.488 e. The SMILES string of the molecule is Cc1cccc(CNC(C)C)c1OCc1cccc(F)c1. The molecular formula is C18H22FNO. The molecule has 0 unspecified atom stereocenters. The molecule has 0 heterocycles. The van der Waals surface area contributed by atoms with E-state index in [2.05, 4.69) is 25.2 Å². The lowest BCUT2D eigenvalue weighted by Gasteiger charge is -2.16. The monoisotopic (exact) mass is 287 g/mol. The molecule has 2 nitrogen and oxygen atoms in total. The van der Waals surface area contributed by atoms with Crippen molar-refractivity contribution in [1.29, 1.82) is 0 Å². The molecule has 0 amide bonds. The molecule has 2 aromatic carbocycles. The van der Waals surface area contributed by atoms with Gasteiger partial charge in [-0.15, -0.1) is 0 Å². The topological polar surface area (TPSA) is 21.3 Å². The molecule has 0 fully saturated rings. The van der Waals surface area contributed by atoms with Crippen molar-refractivity contribution in [1.82, 2.24) is 5.32 Å². The average Bonchev–Trinajstić information content (AvgIpc) is 2.44. The molecule has 0 saturated carbocycles. The maximum atomic E-state index is 13.2. The first-order chi connectivity index (χ1) is 10.1. The molecule has 0 radical (unpaired) electrons. The molecule has 0 aliphatic heterocycles. The molecule has 0 aliphatic carbocycles. The quantitative estimate of drug-likeness (QED) is 0.859. The Balaban J connectivity index is 2.11. The van der Waals surface area contributed by atoms with E-state index < -0.39 is 0 Å². The highest BCUT2D eigenvalue weighted by molar-refractivity contribution is 5.41. The Bertz CT molecular complexity index is 596. The van der Waals surface area contributed by atoms with Gasteiger partial charge in [-0.1, -0.05) is 44.2 Å². The van der Waals surface area contributed by atoms with E-state index in [1.165, 1.54) is 12.1 Å². The van der Waals surface area contributed by atoms with Crippen LogP contribution in [0.1, 0.15) is 30.5 Å². The number of hydrogen-bond acceptors (Lipinski definition) is 2. The maximum absolute atomic E-state index is 13.2. The van der Waals surface area contributed by atoms with Crippen LogP contribution < -0.4 is 10.1 Å². The molecule has 112 valence electrons. The summed E-state index contributed by atoms with van der Waals surface area (Å²) in [5.41, 5.74) is 3.05. The van der Waals surface area contributed by atoms with Crippen LogP contribution in [-0.2, 0) is 13.2 Å². The zero-order chi connectivity index (χ0) is 15.2. The standard InChI is InChI=1S/C18H22FNO/c1-13(2)20-11-16-8-4-6-14(3)18(16)21-12-15-7-5-9-17(19)10-15/h4-10,13,20H,11-12H2,1-3H3. The molecule has 21 heavy (non-hydrogen) atoms. The maximum Gasteiger partial charge on any atom is 0.127 e. The van der Waals surface area contributed by atoms with Gasteiger partial charge in [-0.25, -0.2) is 4.39 Å². The fraction of sp³-hybridized carbons (Fsp3) is 0.333. The lowest BCUT2D eigenvalue weighted by Crippen LogP contribution is -2.22. The highest BCUT2D eigenvalue weighted by Gasteiger charge is 2.08. The first kappa shape index (κ1) is 15.5. The van der Waals surface area contributed by atoms with E-state index in [4.69, 9.17) is 4.74 Å². The van der Waals surface area contributed by atoms with Gasteiger partial charge >= 0.3 is 0 Å². The van der Waals surface area contributed by atoms with E-state index >= 15 is 0 Å². The second-order valence-electron chi connectivity index (χ2n) is 5.52. The second-order valence-corrected chi connectivity index (χ2v) is 5.52. The van der Waals surface area contributed by atoms with Crippen LogP contribution in [0.3, 0.4) is 0 Å². The van der Waals surface area contributed by atoms with Crippen molar-refractivity contribution in [3.8, 4) is 5.75 Å². The fourth-order valence-electron chi connectivity index (χ4n) is 2.16. The highest BCUT2D eigenvalue weighted by Crippen LogP contribution is 2.24. The summed E-state index contributed by atoms with van der Waals surface area (Å²) in [5, 5.41) is 3.40. The number of ether oxygens (including phenoxy) is 1. The normalized spacial score (nSPS) is 10.9. The Hall–Kier alpha value is -1.87. The first-order valence-corrected chi connectivity index (χ1v) is 7.25. The number of rotatable bonds is 6. The molecule has 0 spiro atoms. The molecule has 0 atom stereocenters. The molecule has 2 aromatic rings. The summed E-state index contributed by atoms with van der Waals surface area (Å²) in [6.45, 7) is 7.39. The lowest BCUT2D eigenvalue weighted by atomic mass is 10.1. The average molecular weight is 287 g/mol. The van der Waals surface area contributed by atoms with Crippen LogP contribution in [-0.4, -0.2) is 6.04 Å². The summed E-state index contributed by atoms with van der Waals surface area (Å²) >= 11 is 0. The van der Waals surface area contributed by atoms with Crippen LogP contribution in [0.25, 0.3) is 0 Å². The number of hydrogen-bond donors (Lipinski definition) is 1. The molecule has 0 aliphatic rings. The molecule has 0 aromatic heterocycles. The van der Waals surface area contributed by atoms with Crippen LogP contribution in [0.4, 0.5) is 4.39 Å². The minimum atomic E-state index is -0.234. The van der Waals surface area contributed by atoms with E-state index in [-0.39, 0.29) is 5.82 Å². The van der Waals surface area contributed by atoms with Gasteiger partial charge < -0.3 is 10.1 Å². The predicted molar refractivity (Wildman–Crippen MR) is 83.9 cm³/mol. The van der Waals surface area contributed by atoms with Crippen molar-refractivity contribution in [3.63, 3.8) is 0 Å². The van der Waals surface area contributed by atoms with E-state index in [1.807, 2.05) is 25.1 Å². The molecule has 0 saturated heterocycles. The van der Waals surface area contributed by atoms with Crippen molar-refractivity contribution >= 4 is 0 Å². The second kappa shape index (κ2) is 7.23. The van der Waals surface area contributed by atoms with Crippen LogP contribution in [0, 0.1) is 12.7 Å². The third kappa shape index (κ3) is 4.57. The summed E-state index contributed by atoms with van der Waals surface area (Å²) in [6, 6.07) is 13.0. The van der Waals surface area contributed by atoms with Crippen LogP contribution in [0.2, 0.25) is 0 Å². The lowest BCUT2D eigenvalue weighted by molar-refractivity contribution is 0.299. The minimum Gasteiger partial charge on any atom is -0.488 e. The zero-order valence-corrected chi connectivity index (χ0v) is 12.8. The summed E-state index contributed by atoms with van der Waals surface area (Å²) in [7, 11) is 0. The summed E-state index contributed by atoms with van der Waals surface area (Å²) in [6.07, 6.45) is 0. The number of nitrogens with one attached hydrogen (secondary N) is 1. The number of para-hydroxylation sites is 1. The van der Waals surface area contributed by atoms with Gasteiger partial charge in [-0.2, -0.15) is 0 Å². The summed E-state index contributed by atoms with van der Waals surface area (Å²) < 4.78 is 19.1. The Morgan fingerprint density at radius 1 is 1.14 bits per heavy atom. The summed E-state index contributed by atoms with van der Waals surface area (Å²) in [4.78, 5) is 0. The van der Waals surface area contributed by atoms with Gasteiger partial charge in [0.15, 0.2) is 0 Å². The van der Waals surface area contributed by atoms with Crippen LogP contribution in [0.5, 0.6) is 5.75 Å². The number of benzene rings is 2. The van der Waals surface area contributed by atoms with Gasteiger partial charge in [0, 0.05) is 18.2 Å². The van der Waals surface area contributed by atoms with Gasteiger partial charge in [-0.05, 0) is 30.2 Å². The Kier molecular flexibility index (Phi) is 5.34. The van der Waals surface area contributed by atoms with Crippen LogP contribution >= 0.6 is 0 Å². The Morgan fingerprint density at radius 3 is 2.62 bits per heavy atom. The molecule has 1 N–H and O–H groups in total. The smallest absolute Gasteiger partial charge is 0.127 e. The van der Waals surface area contributed by atoms with Crippen LogP contribution in [0.15, 0.2) is 42.5 Å². The Morgan fingerprint density at radius 2 is 1.90 bits per heavy atom. The molecule has 2 rings (SSSR count). The fourth-order valence-corrected chi connectivity index (χ4v) is 2.16. The first-order valence-electron chi connectivity index (χ1n) is 7.25. The van der Waals surface area contributed by atoms with Crippen molar-refractivity contribution in [2.75, 3.05) is 0 Å². The van der Waals surface area contributed by atoms with E-state index in [0.29, 0.717) is 12.6 Å². The van der Waals surface area contributed by atoms with Crippen molar-refractivity contribution in [2.45, 2.75) is 40.0 Å². The van der Waals surface area contributed by atoms with E-state index in [0.717, 1.165) is 29.0 Å². The van der Waals surface area contributed by atoms with Crippen molar-refractivity contribution in [3.05, 3.63) is 65.0 Å². The number of aryl methyl sites for hydroxylation is 1. The highest BCUT2D eigenvalue weighted by atomic mass is 19.1. The predicted octanol–water partition coefficient (Wildman–Crippen LogP) is 4.21. The molecule has 0 bridgehead atoms. The van der Waals surface area contributed by atoms with Gasteiger partial charge in [0.2, 0.25) is 0 Å². The van der Waals surface area contributed by atoms with Crippen molar-refractivity contribution in [2.24, 2.45) is 0 Å². The van der Waals surface area contributed by atoms with Gasteiger partial charge in [0.25, 0.3) is 0 Å². The van der Waals surface area contributed by atoms with Gasteiger partial charge in [0.05, 0.1) is 0 Å². The Labute approximate surface area is 126 Å². The van der Waals surface area contributed by atoms with Gasteiger partial charge in [0.1, 0.15) is 18.2 Å².